The number of allylic oxidation sites excluding steroid dienone is 1. The average molecular weight is 239 g/mol. The third kappa shape index (κ3) is 3.75. The summed E-state index contributed by atoms with van der Waals surface area (Å²) in [6.45, 7) is 3.99. The molecule has 0 aliphatic carbocycles. The number of nitriles is 1. The van der Waals surface area contributed by atoms with Crippen LogP contribution >= 0.6 is 11.6 Å². The number of hydrogen-bond donors (Lipinski definition) is 1. The third-order valence-electron chi connectivity index (χ3n) is 1.79. The topological polar surface area (TPSA) is 84.8 Å². The minimum Gasteiger partial charge on any atom is -0.490 e. The number of anilines is 1. The van der Waals surface area contributed by atoms with Crippen molar-refractivity contribution in [1.29, 1.82) is 5.26 Å². The molecule has 16 heavy (non-hydrogen) atoms. The average Bonchev–Trinajstić information content (AvgIpc) is 2.28. The number of ether oxygens (including phenoxy) is 1. The Hall–Kier alpha value is -1.80. The van der Waals surface area contributed by atoms with Gasteiger partial charge in [0.2, 0.25) is 0 Å². The SMILES string of the molecule is C=C(C#N)CCCOc1cc(Cl)nnc1N. The molecule has 0 spiro atoms. The van der Waals surface area contributed by atoms with E-state index in [1.54, 1.807) is 0 Å². The van der Waals surface area contributed by atoms with Gasteiger partial charge in [-0.1, -0.05) is 18.2 Å². The Balaban J connectivity index is 2.40. The van der Waals surface area contributed by atoms with Crippen molar-refractivity contribution in [1.82, 2.24) is 10.2 Å². The number of aromatic nitrogens is 2. The van der Waals surface area contributed by atoms with Crippen LogP contribution in [0.5, 0.6) is 5.75 Å². The monoisotopic (exact) mass is 238 g/mol. The predicted molar refractivity (Wildman–Crippen MR) is 60.9 cm³/mol. The van der Waals surface area contributed by atoms with E-state index >= 15 is 0 Å². The van der Waals surface area contributed by atoms with Crippen molar-refractivity contribution in [3.05, 3.63) is 23.4 Å². The van der Waals surface area contributed by atoms with Crippen molar-refractivity contribution in [2.24, 2.45) is 0 Å². The summed E-state index contributed by atoms with van der Waals surface area (Å²) in [6, 6.07) is 3.47. The fourth-order valence-corrected chi connectivity index (χ4v) is 1.14. The molecule has 0 fully saturated rings. The van der Waals surface area contributed by atoms with Crippen molar-refractivity contribution >= 4 is 17.4 Å². The largest absolute Gasteiger partial charge is 0.490 e. The lowest BCUT2D eigenvalue weighted by Gasteiger charge is -2.06. The summed E-state index contributed by atoms with van der Waals surface area (Å²) in [5, 5.41) is 15.9. The minimum atomic E-state index is 0.198. The van der Waals surface area contributed by atoms with E-state index in [4.69, 9.17) is 27.3 Å². The molecule has 6 heteroatoms. The Kier molecular flexibility index (Phi) is 4.55. The van der Waals surface area contributed by atoms with Gasteiger partial charge in [0.15, 0.2) is 16.7 Å². The first-order valence-electron chi connectivity index (χ1n) is 4.63. The zero-order valence-corrected chi connectivity index (χ0v) is 9.37. The Morgan fingerprint density at radius 2 is 2.38 bits per heavy atom. The van der Waals surface area contributed by atoms with Gasteiger partial charge in [-0.15, -0.1) is 10.2 Å². The normalized spacial score (nSPS) is 9.50. The molecule has 0 saturated carbocycles. The molecule has 2 N–H and O–H groups in total. The number of rotatable bonds is 5. The Labute approximate surface area is 98.5 Å². The fraction of sp³-hybridized carbons (Fsp3) is 0.300. The van der Waals surface area contributed by atoms with E-state index in [1.807, 2.05) is 6.07 Å². The van der Waals surface area contributed by atoms with Gasteiger partial charge in [0.1, 0.15) is 0 Å². The van der Waals surface area contributed by atoms with Crippen molar-refractivity contribution in [2.75, 3.05) is 12.3 Å². The molecule has 1 aromatic rings. The number of nitrogens with zero attached hydrogens (tertiary/aromatic N) is 3. The first-order chi connectivity index (χ1) is 7.63. The van der Waals surface area contributed by atoms with Crippen LogP contribution in [-0.4, -0.2) is 16.8 Å². The van der Waals surface area contributed by atoms with Crippen LogP contribution in [0.25, 0.3) is 0 Å². The highest BCUT2D eigenvalue weighted by atomic mass is 35.5. The van der Waals surface area contributed by atoms with Crippen LogP contribution in [0.1, 0.15) is 12.8 Å². The molecule has 1 rings (SSSR count). The minimum absolute atomic E-state index is 0.198. The zero-order valence-electron chi connectivity index (χ0n) is 8.61. The summed E-state index contributed by atoms with van der Waals surface area (Å²) in [4.78, 5) is 0. The molecule has 0 unspecified atom stereocenters. The number of hydrogen-bond acceptors (Lipinski definition) is 5. The molecule has 1 heterocycles. The van der Waals surface area contributed by atoms with Gasteiger partial charge in [-0.25, -0.2) is 0 Å². The molecule has 0 radical (unpaired) electrons. The molecular weight excluding hydrogens is 228 g/mol. The summed E-state index contributed by atoms with van der Waals surface area (Å²) in [5.74, 6) is 0.603. The van der Waals surface area contributed by atoms with Crippen LogP contribution in [0.2, 0.25) is 5.15 Å². The fourth-order valence-electron chi connectivity index (χ4n) is 1.00. The van der Waals surface area contributed by atoms with Crippen LogP contribution in [0, 0.1) is 11.3 Å². The van der Waals surface area contributed by atoms with Crippen LogP contribution in [-0.2, 0) is 0 Å². The first kappa shape index (κ1) is 12.3. The zero-order chi connectivity index (χ0) is 12.0. The second-order valence-electron chi connectivity index (χ2n) is 3.08. The van der Waals surface area contributed by atoms with Gasteiger partial charge in [0, 0.05) is 11.6 Å². The van der Waals surface area contributed by atoms with Crippen LogP contribution in [0.3, 0.4) is 0 Å². The molecule has 1 aromatic heterocycles. The van der Waals surface area contributed by atoms with Gasteiger partial charge < -0.3 is 10.5 Å². The maximum absolute atomic E-state index is 8.49. The first-order valence-corrected chi connectivity index (χ1v) is 5.00. The maximum atomic E-state index is 8.49. The Morgan fingerprint density at radius 1 is 1.62 bits per heavy atom. The van der Waals surface area contributed by atoms with E-state index in [1.165, 1.54) is 6.07 Å². The summed E-state index contributed by atoms with van der Waals surface area (Å²) in [6.07, 6.45) is 1.29. The van der Waals surface area contributed by atoms with E-state index in [0.29, 0.717) is 30.8 Å². The number of nitrogen functional groups attached to an aromatic ring is 1. The molecular formula is C10H11ClN4O. The van der Waals surface area contributed by atoms with Gasteiger partial charge in [0.25, 0.3) is 0 Å². The number of halogens is 1. The predicted octanol–water partition coefficient (Wildman–Crippen LogP) is 1.95. The highest BCUT2D eigenvalue weighted by Gasteiger charge is 2.04. The molecule has 0 amide bonds. The van der Waals surface area contributed by atoms with Gasteiger partial charge in [-0.3, -0.25) is 0 Å². The van der Waals surface area contributed by atoms with E-state index in [9.17, 15) is 0 Å². The molecule has 0 aliphatic rings. The summed E-state index contributed by atoms with van der Waals surface area (Å²) < 4.78 is 5.35. The van der Waals surface area contributed by atoms with Crippen molar-refractivity contribution in [2.45, 2.75) is 12.8 Å². The maximum Gasteiger partial charge on any atom is 0.188 e. The van der Waals surface area contributed by atoms with Gasteiger partial charge in [-0.2, -0.15) is 5.26 Å². The van der Waals surface area contributed by atoms with E-state index in [-0.39, 0.29) is 11.0 Å². The molecule has 0 saturated heterocycles. The van der Waals surface area contributed by atoms with Gasteiger partial charge in [0.05, 0.1) is 12.7 Å². The molecule has 84 valence electrons. The lowest BCUT2D eigenvalue weighted by Crippen LogP contribution is -2.03. The van der Waals surface area contributed by atoms with Crippen LogP contribution in [0.15, 0.2) is 18.2 Å². The molecule has 0 bridgehead atoms. The smallest absolute Gasteiger partial charge is 0.188 e. The van der Waals surface area contributed by atoms with Gasteiger partial charge in [-0.05, 0) is 12.8 Å². The second kappa shape index (κ2) is 5.93. The van der Waals surface area contributed by atoms with Crippen molar-refractivity contribution in [3.8, 4) is 11.8 Å². The van der Waals surface area contributed by atoms with Crippen molar-refractivity contribution in [3.63, 3.8) is 0 Å². The Bertz CT molecular complexity index is 427. The molecule has 0 aromatic carbocycles. The highest BCUT2D eigenvalue weighted by molar-refractivity contribution is 6.29. The third-order valence-corrected chi connectivity index (χ3v) is 1.98. The molecule has 5 nitrogen and oxygen atoms in total. The molecule has 0 aliphatic heterocycles. The van der Waals surface area contributed by atoms with Crippen LogP contribution < -0.4 is 10.5 Å². The molecule has 0 atom stereocenters. The van der Waals surface area contributed by atoms with E-state index < -0.39 is 0 Å². The summed E-state index contributed by atoms with van der Waals surface area (Å²) >= 11 is 5.64. The standard InChI is InChI=1S/C10H11ClN4O/c1-7(6-12)3-2-4-16-8-5-9(11)14-15-10(8)13/h5H,1-4H2,(H2,13,15). The summed E-state index contributed by atoms with van der Waals surface area (Å²) in [5.41, 5.74) is 6.06. The lowest BCUT2D eigenvalue weighted by atomic mass is 10.2. The van der Waals surface area contributed by atoms with E-state index in [2.05, 4.69) is 16.8 Å². The second-order valence-corrected chi connectivity index (χ2v) is 3.47. The quantitative estimate of drug-likeness (QED) is 0.626. The van der Waals surface area contributed by atoms with Crippen molar-refractivity contribution < 1.29 is 4.74 Å². The van der Waals surface area contributed by atoms with Gasteiger partial charge >= 0.3 is 0 Å². The van der Waals surface area contributed by atoms with Crippen LogP contribution in [0.4, 0.5) is 5.82 Å². The highest BCUT2D eigenvalue weighted by Crippen LogP contribution is 2.21. The lowest BCUT2D eigenvalue weighted by molar-refractivity contribution is 0.311. The van der Waals surface area contributed by atoms with E-state index in [0.717, 1.165) is 0 Å². The number of nitrogens with two attached hydrogens (primary N) is 1. The summed E-state index contributed by atoms with van der Waals surface area (Å²) in [7, 11) is 0. The Morgan fingerprint density at radius 3 is 3.06 bits per heavy atom.